The topological polar surface area (TPSA) is 55.7 Å². The lowest BCUT2D eigenvalue weighted by atomic mass is 10.0. The Morgan fingerprint density at radius 3 is 2.28 bits per heavy atom. The first-order valence-corrected chi connectivity index (χ1v) is 11.5. The summed E-state index contributed by atoms with van der Waals surface area (Å²) in [6.45, 7) is 9.27. The summed E-state index contributed by atoms with van der Waals surface area (Å²) in [5, 5.41) is 3.93. The Bertz CT molecular complexity index is 976. The van der Waals surface area contributed by atoms with E-state index in [0.717, 1.165) is 35.5 Å². The third-order valence-electron chi connectivity index (χ3n) is 4.62. The molecule has 32 heavy (non-hydrogen) atoms. The van der Waals surface area contributed by atoms with E-state index in [9.17, 15) is 9.59 Å². The largest absolute Gasteiger partial charge is 0.365 e. The summed E-state index contributed by atoms with van der Waals surface area (Å²) in [5.41, 5.74) is 0.974. The molecule has 0 aromatic heterocycles. The number of carbonyl (C=O) groups is 2. The molecule has 0 saturated heterocycles. The van der Waals surface area contributed by atoms with E-state index in [-0.39, 0.29) is 17.1 Å². The lowest BCUT2D eigenvalue weighted by Gasteiger charge is -2.07. The Morgan fingerprint density at radius 1 is 0.969 bits per heavy atom. The molecule has 4 nitrogen and oxygen atoms in total. The normalized spacial score (nSPS) is 11.7. The van der Waals surface area contributed by atoms with Crippen LogP contribution in [0.25, 0.3) is 0 Å². The van der Waals surface area contributed by atoms with E-state index in [1.165, 1.54) is 18.2 Å². The second kappa shape index (κ2) is 14.0. The molecule has 0 saturated carbocycles. The van der Waals surface area contributed by atoms with Gasteiger partial charge in [-0.25, -0.2) is 4.79 Å². The highest BCUT2D eigenvalue weighted by molar-refractivity contribution is 7.99. The third-order valence-corrected chi connectivity index (χ3v) is 5.63. The highest BCUT2D eigenvalue weighted by Crippen LogP contribution is 2.27. The van der Waals surface area contributed by atoms with Crippen LogP contribution in [0.15, 0.2) is 107 Å². The summed E-state index contributed by atoms with van der Waals surface area (Å²) in [6, 6.07) is 17.4. The Kier molecular flexibility index (Phi) is 11.0. The van der Waals surface area contributed by atoms with Gasteiger partial charge in [0.2, 0.25) is 5.78 Å². The van der Waals surface area contributed by atoms with Crippen molar-refractivity contribution in [1.29, 1.82) is 0 Å². The Morgan fingerprint density at radius 2 is 1.66 bits per heavy atom. The number of unbranched alkanes of at least 4 members (excludes halogenated alkanes) is 3. The highest BCUT2D eigenvalue weighted by atomic mass is 32.2. The maximum Gasteiger partial charge on any atom is 0.365 e. The predicted molar refractivity (Wildman–Crippen MR) is 132 cm³/mol. The van der Waals surface area contributed by atoms with Crippen LogP contribution in [-0.4, -0.2) is 17.5 Å². The fourth-order valence-corrected chi connectivity index (χ4v) is 3.72. The van der Waals surface area contributed by atoms with Gasteiger partial charge in [0, 0.05) is 15.4 Å². The molecule has 2 rings (SSSR count). The zero-order chi connectivity index (χ0) is 23.2. The molecule has 0 aliphatic carbocycles. The van der Waals surface area contributed by atoms with Crippen LogP contribution in [0.5, 0.6) is 0 Å². The number of nitrogens with zero attached hydrogens (tertiary/aromatic N) is 1. The molecule has 0 atom stereocenters. The third kappa shape index (κ3) is 8.16. The van der Waals surface area contributed by atoms with Gasteiger partial charge in [0.25, 0.3) is 0 Å². The zero-order valence-corrected chi connectivity index (χ0v) is 19.3. The van der Waals surface area contributed by atoms with Crippen LogP contribution in [0.3, 0.4) is 0 Å². The number of benzene rings is 2. The minimum atomic E-state index is -0.673. The van der Waals surface area contributed by atoms with E-state index in [4.69, 9.17) is 4.84 Å². The monoisotopic (exact) mass is 447 g/mol. The molecule has 5 heteroatoms. The van der Waals surface area contributed by atoms with Crippen molar-refractivity contribution in [2.24, 2.45) is 5.16 Å². The maximum atomic E-state index is 13.1. The molecule has 0 amide bonds. The van der Waals surface area contributed by atoms with Crippen molar-refractivity contribution in [3.8, 4) is 0 Å². The standard InChI is InChI=1S/C27H29NO3S/c1-4-7-8-12-16-25(28-31-27(30)21(6-3)13-5-2)26(29)22-17-19-24(20-18-22)32-23-14-10-9-11-15-23/h5-6,9-11,13-15,17-20H,2-4,7-8,12,16H2,1H3/b21-13+,28-25+. The van der Waals surface area contributed by atoms with Crippen LogP contribution in [0, 0.1) is 0 Å². The molecule has 0 N–H and O–H groups in total. The van der Waals surface area contributed by atoms with E-state index < -0.39 is 5.97 Å². The van der Waals surface area contributed by atoms with Gasteiger partial charge in [-0.05, 0) is 55.3 Å². The number of hydrogen-bond acceptors (Lipinski definition) is 5. The number of carbonyl (C=O) groups excluding carboxylic acids is 2. The SMILES string of the molecule is C=C/C=C(\C=C)C(=O)O/N=C(\CCCCCC)C(=O)c1ccc(Sc2ccccc2)cc1. The van der Waals surface area contributed by atoms with Crippen molar-refractivity contribution in [3.05, 3.63) is 97.1 Å². The van der Waals surface area contributed by atoms with E-state index in [2.05, 4.69) is 25.2 Å². The van der Waals surface area contributed by atoms with Crippen LogP contribution < -0.4 is 0 Å². The van der Waals surface area contributed by atoms with Gasteiger partial charge in [-0.3, -0.25) is 4.79 Å². The number of Topliss-reactive ketones (excluding diaryl/α,β-unsaturated/α-hetero) is 1. The van der Waals surface area contributed by atoms with Crippen molar-refractivity contribution >= 4 is 29.2 Å². The molecule has 0 fully saturated rings. The molecule has 2 aromatic rings. The van der Waals surface area contributed by atoms with Gasteiger partial charge >= 0.3 is 5.97 Å². The van der Waals surface area contributed by atoms with Crippen molar-refractivity contribution in [2.45, 2.75) is 48.8 Å². The first-order chi connectivity index (χ1) is 15.6. The van der Waals surface area contributed by atoms with Crippen molar-refractivity contribution < 1.29 is 14.4 Å². The quantitative estimate of drug-likeness (QED) is 0.0620. The zero-order valence-electron chi connectivity index (χ0n) is 18.5. The number of allylic oxidation sites excluding steroid dienone is 2. The van der Waals surface area contributed by atoms with Crippen LogP contribution in [0.2, 0.25) is 0 Å². The van der Waals surface area contributed by atoms with Gasteiger partial charge in [0.15, 0.2) is 0 Å². The van der Waals surface area contributed by atoms with Gasteiger partial charge in [-0.15, -0.1) is 0 Å². The molecule has 0 spiro atoms. The lowest BCUT2D eigenvalue weighted by molar-refractivity contribution is -0.138. The second-order valence-electron chi connectivity index (χ2n) is 7.06. The lowest BCUT2D eigenvalue weighted by Crippen LogP contribution is -2.16. The Labute approximate surface area is 194 Å². The number of oxime groups is 1. The first kappa shape index (κ1) is 25.1. The van der Waals surface area contributed by atoms with Gasteiger partial charge in [-0.1, -0.05) is 86.6 Å². The molecule has 0 radical (unpaired) electrons. The van der Waals surface area contributed by atoms with Crippen molar-refractivity contribution in [2.75, 3.05) is 0 Å². The Balaban J connectivity index is 2.15. The smallest absolute Gasteiger partial charge is 0.312 e. The van der Waals surface area contributed by atoms with Crippen LogP contribution in [0.1, 0.15) is 49.4 Å². The molecule has 2 aromatic carbocycles. The molecule has 0 aliphatic heterocycles. The number of ketones is 1. The van der Waals surface area contributed by atoms with Crippen molar-refractivity contribution in [3.63, 3.8) is 0 Å². The van der Waals surface area contributed by atoms with Gasteiger partial charge in [-0.2, -0.15) is 0 Å². The molecular weight excluding hydrogens is 418 g/mol. The molecule has 0 heterocycles. The molecule has 0 aliphatic rings. The molecule has 0 bridgehead atoms. The predicted octanol–water partition coefficient (Wildman–Crippen LogP) is 7.19. The van der Waals surface area contributed by atoms with E-state index in [1.807, 2.05) is 42.5 Å². The average Bonchev–Trinajstić information content (AvgIpc) is 2.82. The van der Waals surface area contributed by atoms with Crippen molar-refractivity contribution in [1.82, 2.24) is 0 Å². The number of rotatable bonds is 13. The van der Waals surface area contributed by atoms with E-state index in [1.54, 1.807) is 23.9 Å². The van der Waals surface area contributed by atoms with Gasteiger partial charge in [0.05, 0.1) is 5.57 Å². The summed E-state index contributed by atoms with van der Waals surface area (Å²) in [5.74, 6) is -0.910. The summed E-state index contributed by atoms with van der Waals surface area (Å²) in [7, 11) is 0. The molecule has 166 valence electrons. The summed E-state index contributed by atoms with van der Waals surface area (Å²) >= 11 is 1.63. The van der Waals surface area contributed by atoms with Gasteiger partial charge < -0.3 is 4.84 Å². The Hall–Kier alpha value is -3.18. The maximum absolute atomic E-state index is 13.1. The summed E-state index contributed by atoms with van der Waals surface area (Å²) in [6.07, 6.45) is 8.71. The van der Waals surface area contributed by atoms with Gasteiger partial charge in [0.1, 0.15) is 5.71 Å². The van der Waals surface area contributed by atoms with E-state index >= 15 is 0 Å². The van der Waals surface area contributed by atoms with E-state index in [0.29, 0.717) is 12.0 Å². The molecular formula is C27H29NO3S. The minimum absolute atomic E-state index is 0.226. The average molecular weight is 448 g/mol. The minimum Gasteiger partial charge on any atom is -0.312 e. The summed E-state index contributed by atoms with van der Waals surface area (Å²) < 4.78 is 0. The highest BCUT2D eigenvalue weighted by Gasteiger charge is 2.17. The second-order valence-corrected chi connectivity index (χ2v) is 8.20. The summed E-state index contributed by atoms with van der Waals surface area (Å²) in [4.78, 5) is 32.5. The van der Waals surface area contributed by atoms with Crippen LogP contribution >= 0.6 is 11.8 Å². The fraction of sp³-hybridized carbons (Fsp3) is 0.222. The fourth-order valence-electron chi connectivity index (χ4n) is 2.88. The number of hydrogen-bond donors (Lipinski definition) is 0. The molecule has 0 unspecified atom stereocenters. The first-order valence-electron chi connectivity index (χ1n) is 10.7. The van der Waals surface area contributed by atoms with Crippen LogP contribution in [-0.2, 0) is 9.63 Å². The van der Waals surface area contributed by atoms with Crippen LogP contribution in [0.4, 0.5) is 0 Å².